The Labute approximate surface area is 125 Å². The van der Waals surface area contributed by atoms with Gasteiger partial charge in [-0.05, 0) is 18.8 Å². The fourth-order valence-corrected chi connectivity index (χ4v) is 1.80. The van der Waals surface area contributed by atoms with Crippen LogP contribution in [0.2, 0.25) is 0 Å². The highest BCUT2D eigenvalue weighted by atomic mass is 16.5. The normalized spacial score (nSPS) is 12.0. The summed E-state index contributed by atoms with van der Waals surface area (Å²) in [4.78, 5) is 19.9. The van der Waals surface area contributed by atoms with E-state index in [2.05, 4.69) is 15.3 Å². The largest absolute Gasteiger partial charge is 0.476 e. The van der Waals surface area contributed by atoms with Crippen LogP contribution in [-0.4, -0.2) is 35.7 Å². The molecule has 7 nitrogen and oxygen atoms in total. The minimum atomic E-state index is -0.508. The summed E-state index contributed by atoms with van der Waals surface area (Å²) in [5.41, 5.74) is 6.28. The number of nitrogens with one attached hydrogen (secondary N) is 1. The van der Waals surface area contributed by atoms with Crippen molar-refractivity contribution in [2.75, 3.05) is 24.8 Å². The minimum Gasteiger partial charge on any atom is -0.476 e. The predicted molar refractivity (Wildman–Crippen MR) is 81.1 cm³/mol. The summed E-state index contributed by atoms with van der Waals surface area (Å²) < 4.78 is 10.2. The molecule has 0 fully saturated rings. The van der Waals surface area contributed by atoms with E-state index >= 15 is 0 Å². The second kappa shape index (κ2) is 8.28. The Morgan fingerprint density at radius 1 is 1.43 bits per heavy atom. The number of ether oxygens (including phenoxy) is 2. The van der Waals surface area contributed by atoms with E-state index in [0.717, 1.165) is 6.42 Å². The Morgan fingerprint density at radius 3 is 2.71 bits per heavy atom. The summed E-state index contributed by atoms with van der Waals surface area (Å²) in [6.45, 7) is 6.56. The molecule has 0 aliphatic rings. The lowest BCUT2D eigenvalue weighted by Crippen LogP contribution is -2.32. The zero-order valence-electron chi connectivity index (χ0n) is 13.0. The second-order valence-electron chi connectivity index (χ2n) is 5.14. The number of carbonyl (C=O) groups is 1. The first-order chi connectivity index (χ1) is 9.99. The van der Waals surface area contributed by atoms with Gasteiger partial charge in [0.2, 0.25) is 5.88 Å². The Balaban J connectivity index is 2.90. The molecular weight excluding hydrogens is 272 g/mol. The summed E-state index contributed by atoms with van der Waals surface area (Å²) in [7, 11) is 1.36. The molecule has 0 radical (unpaired) electrons. The number of hydrogen-bond acceptors (Lipinski definition) is 7. The van der Waals surface area contributed by atoms with Crippen molar-refractivity contribution in [3.8, 4) is 5.88 Å². The molecular formula is C14H24N4O3. The molecule has 1 heterocycles. The molecule has 21 heavy (non-hydrogen) atoms. The lowest BCUT2D eigenvalue weighted by atomic mass is 10.0. The predicted octanol–water partition coefficient (Wildman–Crippen LogP) is 1.85. The van der Waals surface area contributed by atoms with Crippen molar-refractivity contribution in [2.45, 2.75) is 39.7 Å². The van der Waals surface area contributed by atoms with E-state index in [9.17, 15) is 4.79 Å². The Morgan fingerprint density at radius 2 is 2.14 bits per heavy atom. The first kappa shape index (κ1) is 17.0. The number of nitrogens with zero attached hydrogens (tertiary/aromatic N) is 2. The maximum absolute atomic E-state index is 11.8. The van der Waals surface area contributed by atoms with E-state index in [1.165, 1.54) is 13.4 Å². The van der Waals surface area contributed by atoms with Crippen molar-refractivity contribution < 1.29 is 14.3 Å². The van der Waals surface area contributed by atoms with Crippen LogP contribution in [0.25, 0.3) is 0 Å². The summed E-state index contributed by atoms with van der Waals surface area (Å²) in [5.74, 6) is 0.674. The molecule has 0 aliphatic carbocycles. The third-order valence-electron chi connectivity index (χ3n) is 2.79. The van der Waals surface area contributed by atoms with Gasteiger partial charge in [0, 0.05) is 0 Å². The molecule has 1 unspecified atom stereocenters. The topological polar surface area (TPSA) is 99.4 Å². The molecule has 0 aliphatic heterocycles. The minimum absolute atomic E-state index is 0.295. The number of hydrogen-bond donors (Lipinski definition) is 2. The van der Waals surface area contributed by atoms with Crippen molar-refractivity contribution in [1.82, 2.24) is 9.97 Å². The molecule has 0 saturated heterocycles. The van der Waals surface area contributed by atoms with Crippen LogP contribution >= 0.6 is 0 Å². The third kappa shape index (κ3) is 5.09. The third-order valence-corrected chi connectivity index (χ3v) is 2.79. The standard InChI is InChI=1S/C14H24N4O3/c1-5-6-21-13-11(15)12(16-8-17-13)18-10(7-9(2)3)14(19)20-4/h8-10H,5-7,15H2,1-4H3,(H,16,17,18). The fraction of sp³-hybridized carbons (Fsp3) is 0.643. The van der Waals surface area contributed by atoms with Gasteiger partial charge in [0.15, 0.2) is 5.82 Å². The van der Waals surface area contributed by atoms with Crippen molar-refractivity contribution in [1.29, 1.82) is 0 Å². The van der Waals surface area contributed by atoms with Gasteiger partial charge < -0.3 is 20.5 Å². The average Bonchev–Trinajstić information content (AvgIpc) is 2.46. The van der Waals surface area contributed by atoms with E-state index in [1.807, 2.05) is 20.8 Å². The molecule has 0 aromatic carbocycles. The Kier molecular flexibility index (Phi) is 6.71. The number of aromatic nitrogens is 2. The van der Waals surface area contributed by atoms with E-state index in [4.69, 9.17) is 15.2 Å². The van der Waals surface area contributed by atoms with Crippen molar-refractivity contribution in [3.63, 3.8) is 0 Å². The number of anilines is 2. The molecule has 1 atom stereocenters. The monoisotopic (exact) mass is 296 g/mol. The molecule has 1 rings (SSSR count). The van der Waals surface area contributed by atoms with Crippen LogP contribution in [0.5, 0.6) is 5.88 Å². The average molecular weight is 296 g/mol. The maximum atomic E-state index is 11.8. The SMILES string of the molecule is CCCOc1ncnc(NC(CC(C)C)C(=O)OC)c1N. The van der Waals surface area contributed by atoms with Crippen LogP contribution in [-0.2, 0) is 9.53 Å². The molecule has 0 amide bonds. The summed E-state index contributed by atoms with van der Waals surface area (Å²) in [6, 6.07) is -0.508. The first-order valence-electron chi connectivity index (χ1n) is 7.07. The number of rotatable bonds is 8. The van der Waals surface area contributed by atoms with Crippen LogP contribution in [0, 0.1) is 5.92 Å². The van der Waals surface area contributed by atoms with Gasteiger partial charge in [-0.25, -0.2) is 9.78 Å². The first-order valence-corrected chi connectivity index (χ1v) is 7.07. The van der Waals surface area contributed by atoms with E-state index in [1.54, 1.807) is 0 Å². The van der Waals surface area contributed by atoms with Crippen LogP contribution in [0.3, 0.4) is 0 Å². The van der Waals surface area contributed by atoms with E-state index in [0.29, 0.717) is 36.3 Å². The van der Waals surface area contributed by atoms with Gasteiger partial charge in [0.05, 0.1) is 13.7 Å². The second-order valence-corrected chi connectivity index (χ2v) is 5.14. The van der Waals surface area contributed by atoms with Crippen LogP contribution in [0.1, 0.15) is 33.6 Å². The van der Waals surface area contributed by atoms with Crippen LogP contribution in [0.15, 0.2) is 6.33 Å². The lowest BCUT2D eigenvalue weighted by molar-refractivity contribution is -0.141. The van der Waals surface area contributed by atoms with Crippen molar-refractivity contribution in [3.05, 3.63) is 6.33 Å². The van der Waals surface area contributed by atoms with Gasteiger partial charge in [-0.1, -0.05) is 20.8 Å². The van der Waals surface area contributed by atoms with Gasteiger partial charge in [-0.3, -0.25) is 0 Å². The van der Waals surface area contributed by atoms with E-state index in [-0.39, 0.29) is 5.97 Å². The zero-order chi connectivity index (χ0) is 15.8. The number of nitrogens with two attached hydrogens (primary N) is 1. The van der Waals surface area contributed by atoms with Crippen molar-refractivity contribution in [2.24, 2.45) is 5.92 Å². The summed E-state index contributed by atoms with van der Waals surface area (Å²) in [6.07, 6.45) is 2.82. The van der Waals surface area contributed by atoms with Crippen LogP contribution < -0.4 is 15.8 Å². The smallest absolute Gasteiger partial charge is 0.328 e. The molecule has 0 spiro atoms. The highest BCUT2D eigenvalue weighted by Crippen LogP contribution is 2.26. The highest BCUT2D eigenvalue weighted by molar-refractivity contribution is 5.80. The lowest BCUT2D eigenvalue weighted by Gasteiger charge is -2.20. The van der Waals surface area contributed by atoms with Gasteiger partial charge in [-0.2, -0.15) is 4.98 Å². The molecule has 0 saturated carbocycles. The number of carbonyl (C=O) groups excluding carboxylic acids is 1. The van der Waals surface area contributed by atoms with Gasteiger partial charge in [0.25, 0.3) is 0 Å². The molecule has 0 bridgehead atoms. The van der Waals surface area contributed by atoms with Gasteiger partial charge in [0.1, 0.15) is 18.1 Å². The Hall–Kier alpha value is -2.05. The fourth-order valence-electron chi connectivity index (χ4n) is 1.80. The maximum Gasteiger partial charge on any atom is 0.328 e. The number of esters is 1. The molecule has 118 valence electrons. The number of nitrogen functional groups attached to an aromatic ring is 1. The van der Waals surface area contributed by atoms with Crippen molar-refractivity contribution >= 4 is 17.5 Å². The summed E-state index contributed by atoms with van der Waals surface area (Å²) in [5, 5.41) is 3.02. The number of methoxy groups -OCH3 is 1. The van der Waals surface area contributed by atoms with Gasteiger partial charge >= 0.3 is 5.97 Å². The molecule has 3 N–H and O–H groups in total. The van der Waals surface area contributed by atoms with E-state index < -0.39 is 6.04 Å². The van der Waals surface area contributed by atoms with Crippen LogP contribution in [0.4, 0.5) is 11.5 Å². The summed E-state index contributed by atoms with van der Waals surface area (Å²) >= 11 is 0. The quantitative estimate of drug-likeness (QED) is 0.706. The molecule has 1 aromatic rings. The molecule has 7 heteroatoms. The highest BCUT2D eigenvalue weighted by Gasteiger charge is 2.22. The Bertz CT molecular complexity index is 466. The zero-order valence-corrected chi connectivity index (χ0v) is 13.0. The van der Waals surface area contributed by atoms with Gasteiger partial charge in [-0.15, -0.1) is 0 Å². The molecule has 1 aromatic heterocycles.